The van der Waals surface area contributed by atoms with E-state index in [0.29, 0.717) is 23.3 Å². The SMILES string of the molecule is CC(C)=CCc1cc(O)c(O)c2oc3cc4c(c(O)c3c(=O)c12)C(C)(C)C(C)(C)O4. The minimum Gasteiger partial charge on any atom is -0.507 e. The second kappa shape index (κ2) is 6.17. The Morgan fingerprint density at radius 1 is 1.03 bits per heavy atom. The molecule has 1 aromatic heterocycles. The molecule has 0 atom stereocenters. The van der Waals surface area contributed by atoms with Crippen molar-refractivity contribution in [3.63, 3.8) is 0 Å². The van der Waals surface area contributed by atoms with E-state index < -0.39 is 22.2 Å². The summed E-state index contributed by atoms with van der Waals surface area (Å²) in [6, 6.07) is 2.93. The maximum atomic E-state index is 13.5. The molecule has 30 heavy (non-hydrogen) atoms. The summed E-state index contributed by atoms with van der Waals surface area (Å²) in [4.78, 5) is 13.5. The van der Waals surface area contributed by atoms with Gasteiger partial charge in [-0.2, -0.15) is 0 Å². The molecule has 3 N–H and O–H groups in total. The topological polar surface area (TPSA) is 100 Å². The Balaban J connectivity index is 2.16. The van der Waals surface area contributed by atoms with E-state index in [2.05, 4.69) is 0 Å². The normalized spacial score (nSPS) is 16.5. The highest BCUT2D eigenvalue weighted by Gasteiger charge is 2.50. The Bertz CT molecular complexity index is 1300. The van der Waals surface area contributed by atoms with Crippen molar-refractivity contribution in [2.45, 2.75) is 59.0 Å². The second-order valence-corrected chi connectivity index (χ2v) is 9.23. The fraction of sp³-hybridized carbons (Fsp3) is 0.375. The van der Waals surface area contributed by atoms with Crippen LogP contribution in [0.2, 0.25) is 0 Å². The number of phenols is 3. The van der Waals surface area contributed by atoms with E-state index in [1.807, 2.05) is 47.6 Å². The molecular weight excluding hydrogens is 384 g/mol. The van der Waals surface area contributed by atoms with E-state index in [1.54, 1.807) is 6.07 Å². The Kier molecular flexibility index (Phi) is 4.14. The zero-order chi connectivity index (χ0) is 22.2. The van der Waals surface area contributed by atoms with Gasteiger partial charge < -0.3 is 24.5 Å². The summed E-state index contributed by atoms with van der Waals surface area (Å²) in [5, 5.41) is 31.9. The number of benzene rings is 2. The first-order chi connectivity index (χ1) is 13.9. The van der Waals surface area contributed by atoms with Crippen LogP contribution in [0.4, 0.5) is 0 Å². The van der Waals surface area contributed by atoms with Crippen molar-refractivity contribution in [3.05, 3.63) is 45.1 Å². The summed E-state index contributed by atoms with van der Waals surface area (Å²) in [6.07, 6.45) is 2.28. The molecule has 1 aliphatic heterocycles. The van der Waals surface area contributed by atoms with Gasteiger partial charge in [-0.25, -0.2) is 0 Å². The third-order valence-corrected chi connectivity index (χ3v) is 6.44. The highest BCUT2D eigenvalue weighted by Crippen LogP contribution is 2.54. The molecule has 0 saturated heterocycles. The first-order valence-corrected chi connectivity index (χ1v) is 9.90. The number of rotatable bonds is 2. The van der Waals surface area contributed by atoms with Gasteiger partial charge in [-0.05, 0) is 45.7 Å². The van der Waals surface area contributed by atoms with Gasteiger partial charge in [-0.1, -0.05) is 25.5 Å². The summed E-state index contributed by atoms with van der Waals surface area (Å²) in [6.45, 7) is 11.6. The molecule has 2 heterocycles. The van der Waals surface area contributed by atoms with E-state index in [0.717, 1.165) is 5.57 Å². The lowest BCUT2D eigenvalue weighted by Gasteiger charge is -2.33. The molecule has 4 rings (SSSR count). The van der Waals surface area contributed by atoms with Gasteiger partial charge in [0, 0.05) is 17.0 Å². The minimum absolute atomic E-state index is 0.0409. The van der Waals surface area contributed by atoms with Crippen LogP contribution < -0.4 is 10.2 Å². The Hall–Kier alpha value is -3.15. The largest absolute Gasteiger partial charge is 0.507 e. The average molecular weight is 410 g/mol. The molecule has 158 valence electrons. The number of fused-ring (bicyclic) bond motifs is 3. The smallest absolute Gasteiger partial charge is 0.204 e. The molecule has 0 fully saturated rings. The second-order valence-electron chi connectivity index (χ2n) is 9.23. The standard InChI is InChI=1S/C24H26O6/c1-11(2)7-8-12-9-13(25)19(26)22-16(12)20(27)17-14(29-22)10-15-18(21(17)28)23(3,4)24(5,6)30-15/h7,9-10,25-26,28H,8H2,1-6H3. The van der Waals surface area contributed by atoms with Gasteiger partial charge in [0.15, 0.2) is 11.3 Å². The van der Waals surface area contributed by atoms with E-state index in [-0.39, 0.29) is 33.4 Å². The predicted molar refractivity (Wildman–Crippen MR) is 116 cm³/mol. The summed E-state index contributed by atoms with van der Waals surface area (Å²) in [7, 11) is 0. The quantitative estimate of drug-likeness (QED) is 0.312. The highest BCUT2D eigenvalue weighted by atomic mass is 16.5. The van der Waals surface area contributed by atoms with E-state index in [9.17, 15) is 20.1 Å². The van der Waals surface area contributed by atoms with Crippen LogP contribution in [0.1, 0.15) is 52.7 Å². The zero-order valence-electron chi connectivity index (χ0n) is 18.0. The molecule has 1 aliphatic rings. The maximum absolute atomic E-state index is 13.5. The van der Waals surface area contributed by atoms with Crippen molar-refractivity contribution in [1.82, 2.24) is 0 Å². The Morgan fingerprint density at radius 3 is 2.33 bits per heavy atom. The Labute approximate surface area is 174 Å². The Morgan fingerprint density at radius 2 is 1.70 bits per heavy atom. The fourth-order valence-corrected chi connectivity index (χ4v) is 4.05. The summed E-state index contributed by atoms with van der Waals surface area (Å²) >= 11 is 0. The number of ether oxygens (including phenoxy) is 1. The summed E-state index contributed by atoms with van der Waals surface area (Å²) in [5.41, 5.74) is 0.466. The molecule has 0 amide bonds. The average Bonchev–Trinajstić information content (AvgIpc) is 2.80. The van der Waals surface area contributed by atoms with Crippen LogP contribution in [0.3, 0.4) is 0 Å². The highest BCUT2D eigenvalue weighted by molar-refractivity contribution is 5.99. The lowest BCUT2D eigenvalue weighted by atomic mass is 9.73. The van der Waals surface area contributed by atoms with Crippen molar-refractivity contribution in [1.29, 1.82) is 0 Å². The van der Waals surface area contributed by atoms with Crippen molar-refractivity contribution in [2.24, 2.45) is 0 Å². The zero-order valence-corrected chi connectivity index (χ0v) is 18.0. The van der Waals surface area contributed by atoms with E-state index >= 15 is 0 Å². The minimum atomic E-state index is -0.609. The fourth-order valence-electron chi connectivity index (χ4n) is 4.05. The van der Waals surface area contributed by atoms with Gasteiger partial charge in [-0.15, -0.1) is 0 Å². The van der Waals surface area contributed by atoms with Gasteiger partial charge in [-0.3, -0.25) is 4.79 Å². The first kappa shape index (κ1) is 20.1. The van der Waals surface area contributed by atoms with Crippen molar-refractivity contribution in [3.8, 4) is 23.0 Å². The lowest BCUT2D eigenvalue weighted by Crippen LogP contribution is -2.42. The summed E-state index contributed by atoms with van der Waals surface area (Å²) in [5.74, 6) is -0.617. The monoisotopic (exact) mass is 410 g/mol. The number of phenolic OH excluding ortho intramolecular Hbond substituents is 3. The molecule has 6 heteroatoms. The van der Waals surface area contributed by atoms with E-state index in [1.165, 1.54) is 6.07 Å². The van der Waals surface area contributed by atoms with Crippen LogP contribution in [0.5, 0.6) is 23.0 Å². The third kappa shape index (κ3) is 2.59. The molecule has 0 bridgehead atoms. The van der Waals surface area contributed by atoms with Crippen LogP contribution in [0, 0.1) is 0 Å². The van der Waals surface area contributed by atoms with Crippen molar-refractivity contribution < 1.29 is 24.5 Å². The molecule has 6 nitrogen and oxygen atoms in total. The number of allylic oxidation sites excluding steroid dienone is 2. The molecule has 0 aliphatic carbocycles. The van der Waals surface area contributed by atoms with Crippen molar-refractivity contribution >= 4 is 21.9 Å². The van der Waals surface area contributed by atoms with Gasteiger partial charge in [0.2, 0.25) is 11.2 Å². The number of hydrogen-bond acceptors (Lipinski definition) is 6. The summed E-state index contributed by atoms with van der Waals surface area (Å²) < 4.78 is 11.9. The molecule has 2 aromatic carbocycles. The van der Waals surface area contributed by atoms with Crippen LogP contribution in [0.25, 0.3) is 21.9 Å². The molecule has 0 radical (unpaired) electrons. The van der Waals surface area contributed by atoms with Crippen molar-refractivity contribution in [2.75, 3.05) is 0 Å². The van der Waals surface area contributed by atoms with Gasteiger partial charge in [0.05, 0.1) is 5.39 Å². The van der Waals surface area contributed by atoms with Crippen LogP contribution in [-0.4, -0.2) is 20.9 Å². The van der Waals surface area contributed by atoms with Crippen LogP contribution in [0.15, 0.2) is 33.0 Å². The predicted octanol–water partition coefficient (Wildman–Crippen LogP) is 5.02. The van der Waals surface area contributed by atoms with E-state index in [4.69, 9.17) is 9.15 Å². The lowest BCUT2D eigenvalue weighted by molar-refractivity contribution is 0.0709. The third-order valence-electron chi connectivity index (χ3n) is 6.44. The molecule has 0 spiro atoms. The number of aromatic hydroxyl groups is 3. The number of hydrogen-bond donors (Lipinski definition) is 3. The van der Waals surface area contributed by atoms with Gasteiger partial charge in [0.1, 0.15) is 28.1 Å². The van der Waals surface area contributed by atoms with Gasteiger partial charge in [0.25, 0.3) is 0 Å². The molecule has 0 saturated carbocycles. The molecule has 3 aromatic rings. The molecular formula is C24H26O6. The van der Waals surface area contributed by atoms with Gasteiger partial charge >= 0.3 is 0 Å². The van der Waals surface area contributed by atoms with Crippen LogP contribution in [-0.2, 0) is 11.8 Å². The molecule has 0 unspecified atom stereocenters. The van der Waals surface area contributed by atoms with Crippen LogP contribution >= 0.6 is 0 Å². The maximum Gasteiger partial charge on any atom is 0.204 e. The first-order valence-electron chi connectivity index (χ1n) is 9.90.